The second kappa shape index (κ2) is 3.93. The monoisotopic (exact) mass is 241 g/mol. The Bertz CT molecular complexity index is 348. The highest BCUT2D eigenvalue weighted by molar-refractivity contribution is 9.10. The standard InChI is InChI=1S/C9H12BrN3/c1-4-8-9(10)13(6(2)5-11)7(3)12-8/h6H,4H2,1-3H3. The molecule has 0 saturated heterocycles. The minimum Gasteiger partial charge on any atom is -0.306 e. The molecule has 1 unspecified atom stereocenters. The van der Waals surface area contributed by atoms with Crippen molar-refractivity contribution in [3.63, 3.8) is 0 Å². The number of aromatic nitrogens is 2. The van der Waals surface area contributed by atoms with Crippen molar-refractivity contribution in [3.05, 3.63) is 16.1 Å². The van der Waals surface area contributed by atoms with Crippen molar-refractivity contribution < 1.29 is 0 Å². The van der Waals surface area contributed by atoms with Crippen LogP contribution in [0, 0.1) is 18.3 Å². The number of rotatable bonds is 2. The van der Waals surface area contributed by atoms with Crippen molar-refractivity contribution >= 4 is 15.9 Å². The number of halogens is 1. The van der Waals surface area contributed by atoms with Gasteiger partial charge >= 0.3 is 0 Å². The Morgan fingerprint density at radius 2 is 2.31 bits per heavy atom. The van der Waals surface area contributed by atoms with Gasteiger partial charge in [0.2, 0.25) is 0 Å². The molecule has 1 aromatic rings. The van der Waals surface area contributed by atoms with E-state index >= 15 is 0 Å². The molecule has 1 rings (SSSR count). The van der Waals surface area contributed by atoms with E-state index in [0.717, 1.165) is 22.5 Å². The smallest absolute Gasteiger partial charge is 0.120 e. The Kier molecular flexibility index (Phi) is 3.10. The maximum atomic E-state index is 8.80. The van der Waals surface area contributed by atoms with Gasteiger partial charge in [-0.1, -0.05) is 6.92 Å². The fourth-order valence-electron chi connectivity index (χ4n) is 1.31. The molecule has 4 heteroatoms. The summed E-state index contributed by atoms with van der Waals surface area (Å²) in [6, 6.07) is 2.03. The van der Waals surface area contributed by atoms with Crippen LogP contribution in [-0.4, -0.2) is 9.55 Å². The van der Waals surface area contributed by atoms with E-state index in [1.807, 2.05) is 25.3 Å². The van der Waals surface area contributed by atoms with Gasteiger partial charge in [0.25, 0.3) is 0 Å². The summed E-state index contributed by atoms with van der Waals surface area (Å²) in [4.78, 5) is 4.36. The van der Waals surface area contributed by atoms with Gasteiger partial charge in [0.1, 0.15) is 16.5 Å². The molecule has 1 atom stereocenters. The van der Waals surface area contributed by atoms with Gasteiger partial charge in [0.05, 0.1) is 11.8 Å². The van der Waals surface area contributed by atoms with Crippen LogP contribution in [0.2, 0.25) is 0 Å². The third-order valence-corrected chi connectivity index (χ3v) is 2.84. The summed E-state index contributed by atoms with van der Waals surface area (Å²) in [7, 11) is 0. The number of nitriles is 1. The number of aryl methyl sites for hydroxylation is 2. The molecule has 0 saturated carbocycles. The summed E-state index contributed by atoms with van der Waals surface area (Å²) in [5, 5.41) is 8.80. The number of imidazole rings is 1. The van der Waals surface area contributed by atoms with Gasteiger partial charge in [-0.15, -0.1) is 0 Å². The molecule has 70 valence electrons. The first-order chi connectivity index (χ1) is 6.11. The normalized spacial score (nSPS) is 12.5. The van der Waals surface area contributed by atoms with Crippen LogP contribution in [-0.2, 0) is 6.42 Å². The quantitative estimate of drug-likeness (QED) is 0.799. The fraction of sp³-hybridized carbons (Fsp3) is 0.556. The predicted octanol–water partition coefficient (Wildman–Crippen LogP) is 2.60. The Labute approximate surface area is 86.5 Å². The van der Waals surface area contributed by atoms with Crippen LogP contribution in [0.1, 0.15) is 31.4 Å². The van der Waals surface area contributed by atoms with Crippen molar-refractivity contribution in [3.8, 4) is 6.07 Å². The lowest BCUT2D eigenvalue weighted by Crippen LogP contribution is -2.04. The van der Waals surface area contributed by atoms with E-state index in [1.54, 1.807) is 0 Å². The second-order valence-electron chi connectivity index (χ2n) is 2.93. The van der Waals surface area contributed by atoms with Crippen LogP contribution in [0.15, 0.2) is 4.60 Å². The molecule has 0 amide bonds. The lowest BCUT2D eigenvalue weighted by Gasteiger charge is -2.07. The van der Waals surface area contributed by atoms with Gasteiger partial charge in [0.15, 0.2) is 0 Å². The first-order valence-electron chi connectivity index (χ1n) is 4.24. The first kappa shape index (κ1) is 10.3. The van der Waals surface area contributed by atoms with E-state index in [4.69, 9.17) is 5.26 Å². The Hall–Kier alpha value is -0.820. The maximum absolute atomic E-state index is 8.80. The average Bonchev–Trinajstić information content (AvgIpc) is 2.40. The van der Waals surface area contributed by atoms with Crippen molar-refractivity contribution in [2.75, 3.05) is 0 Å². The van der Waals surface area contributed by atoms with Crippen LogP contribution in [0.5, 0.6) is 0 Å². The molecule has 0 aliphatic heterocycles. The molecular formula is C9H12BrN3. The first-order valence-corrected chi connectivity index (χ1v) is 5.03. The van der Waals surface area contributed by atoms with Crippen molar-refractivity contribution in [1.82, 2.24) is 9.55 Å². The van der Waals surface area contributed by atoms with Crippen LogP contribution < -0.4 is 0 Å². The molecule has 1 aromatic heterocycles. The highest BCUT2D eigenvalue weighted by Gasteiger charge is 2.14. The SMILES string of the molecule is CCc1nc(C)n(C(C)C#N)c1Br. The Balaban J connectivity index is 3.22. The molecule has 0 spiro atoms. The zero-order chi connectivity index (χ0) is 10.0. The number of nitrogens with zero attached hydrogens (tertiary/aromatic N) is 3. The van der Waals surface area contributed by atoms with Crippen LogP contribution in [0.3, 0.4) is 0 Å². The molecule has 0 aliphatic carbocycles. The predicted molar refractivity (Wildman–Crippen MR) is 54.4 cm³/mol. The second-order valence-corrected chi connectivity index (χ2v) is 3.68. The topological polar surface area (TPSA) is 41.6 Å². The van der Waals surface area contributed by atoms with E-state index in [2.05, 4.69) is 27.0 Å². The summed E-state index contributed by atoms with van der Waals surface area (Å²) in [5.41, 5.74) is 1.01. The van der Waals surface area contributed by atoms with E-state index in [9.17, 15) is 0 Å². The molecule has 13 heavy (non-hydrogen) atoms. The van der Waals surface area contributed by atoms with Crippen molar-refractivity contribution in [2.24, 2.45) is 0 Å². The van der Waals surface area contributed by atoms with E-state index in [1.165, 1.54) is 0 Å². The summed E-state index contributed by atoms with van der Waals surface area (Å²) in [6.45, 7) is 5.82. The van der Waals surface area contributed by atoms with Crippen LogP contribution in [0.25, 0.3) is 0 Å². The van der Waals surface area contributed by atoms with E-state index in [-0.39, 0.29) is 6.04 Å². The zero-order valence-electron chi connectivity index (χ0n) is 8.00. The maximum Gasteiger partial charge on any atom is 0.120 e. The summed E-state index contributed by atoms with van der Waals surface area (Å²) in [5.74, 6) is 0.887. The molecule has 0 N–H and O–H groups in total. The minimum absolute atomic E-state index is 0.165. The average molecular weight is 242 g/mol. The molecule has 0 fully saturated rings. The summed E-state index contributed by atoms with van der Waals surface area (Å²) >= 11 is 3.45. The van der Waals surface area contributed by atoms with Gasteiger partial charge in [-0.3, -0.25) is 0 Å². The molecule has 0 bridgehead atoms. The van der Waals surface area contributed by atoms with Crippen molar-refractivity contribution in [2.45, 2.75) is 33.2 Å². The van der Waals surface area contributed by atoms with Gasteiger partial charge in [-0.05, 0) is 36.2 Å². The lowest BCUT2D eigenvalue weighted by molar-refractivity contribution is 0.637. The summed E-state index contributed by atoms with van der Waals surface area (Å²) in [6.07, 6.45) is 0.882. The summed E-state index contributed by atoms with van der Waals surface area (Å²) < 4.78 is 2.83. The Morgan fingerprint density at radius 3 is 2.69 bits per heavy atom. The number of hydrogen-bond donors (Lipinski definition) is 0. The third kappa shape index (κ3) is 1.75. The lowest BCUT2D eigenvalue weighted by atomic mass is 10.3. The third-order valence-electron chi connectivity index (χ3n) is 2.00. The molecule has 0 aromatic carbocycles. The largest absolute Gasteiger partial charge is 0.306 e. The van der Waals surface area contributed by atoms with Gasteiger partial charge in [-0.25, -0.2) is 4.98 Å². The van der Waals surface area contributed by atoms with Crippen molar-refractivity contribution in [1.29, 1.82) is 5.26 Å². The minimum atomic E-state index is -0.165. The van der Waals surface area contributed by atoms with Gasteiger partial charge in [0, 0.05) is 0 Å². The molecule has 1 heterocycles. The molecular weight excluding hydrogens is 230 g/mol. The van der Waals surface area contributed by atoms with Crippen LogP contribution in [0.4, 0.5) is 0 Å². The molecule has 3 nitrogen and oxygen atoms in total. The fourth-order valence-corrected chi connectivity index (χ4v) is 2.24. The van der Waals surface area contributed by atoms with E-state index in [0.29, 0.717) is 0 Å². The van der Waals surface area contributed by atoms with Gasteiger partial charge < -0.3 is 4.57 Å². The van der Waals surface area contributed by atoms with Gasteiger partial charge in [-0.2, -0.15) is 5.26 Å². The molecule has 0 radical (unpaired) electrons. The van der Waals surface area contributed by atoms with Crippen LogP contribution >= 0.6 is 15.9 Å². The highest BCUT2D eigenvalue weighted by atomic mass is 79.9. The Morgan fingerprint density at radius 1 is 1.69 bits per heavy atom. The zero-order valence-corrected chi connectivity index (χ0v) is 9.59. The highest BCUT2D eigenvalue weighted by Crippen LogP contribution is 2.23. The number of hydrogen-bond acceptors (Lipinski definition) is 2. The molecule has 0 aliphatic rings. The van der Waals surface area contributed by atoms with E-state index < -0.39 is 0 Å².